The van der Waals surface area contributed by atoms with Crippen LogP contribution in [0, 0.1) is 5.92 Å². The molecule has 0 saturated carbocycles. The van der Waals surface area contributed by atoms with Crippen molar-refractivity contribution in [3.63, 3.8) is 0 Å². The molecule has 1 N–H and O–H groups in total. The summed E-state index contributed by atoms with van der Waals surface area (Å²) in [5, 5.41) is 9.21. The van der Waals surface area contributed by atoms with Crippen LogP contribution in [0.4, 0.5) is 0 Å². The van der Waals surface area contributed by atoms with Crippen LogP contribution in [0.2, 0.25) is 0 Å². The number of hydrogen-bond donors (Lipinski definition) is 1. The van der Waals surface area contributed by atoms with Crippen LogP contribution in [0.1, 0.15) is 18.1 Å². The van der Waals surface area contributed by atoms with Gasteiger partial charge in [-0.25, -0.2) is 0 Å². The molecule has 15 heavy (non-hydrogen) atoms. The van der Waals surface area contributed by atoms with Crippen molar-refractivity contribution >= 4 is 0 Å². The lowest BCUT2D eigenvalue weighted by atomic mass is 9.96. The summed E-state index contributed by atoms with van der Waals surface area (Å²) >= 11 is 0. The first-order valence-electron chi connectivity index (χ1n) is 5.21. The van der Waals surface area contributed by atoms with Crippen molar-refractivity contribution in [1.29, 1.82) is 0 Å². The Hall–Kier alpha value is -1.06. The summed E-state index contributed by atoms with van der Waals surface area (Å²) in [6, 6.07) is 7.84. The maximum absolute atomic E-state index is 9.21. The van der Waals surface area contributed by atoms with Gasteiger partial charge in [0.2, 0.25) is 0 Å². The van der Waals surface area contributed by atoms with Crippen molar-refractivity contribution in [3.05, 3.63) is 29.8 Å². The van der Waals surface area contributed by atoms with Crippen LogP contribution >= 0.6 is 0 Å². The zero-order chi connectivity index (χ0) is 10.7. The van der Waals surface area contributed by atoms with Gasteiger partial charge in [0.15, 0.2) is 0 Å². The second-order valence-electron chi connectivity index (χ2n) is 3.80. The maximum Gasteiger partial charge on any atom is 0.119 e. The van der Waals surface area contributed by atoms with Gasteiger partial charge in [0, 0.05) is 19.1 Å². The summed E-state index contributed by atoms with van der Waals surface area (Å²) in [7, 11) is 1.65. The molecule has 2 unspecified atom stereocenters. The highest BCUT2D eigenvalue weighted by Crippen LogP contribution is 2.35. The van der Waals surface area contributed by atoms with Gasteiger partial charge in [0.25, 0.3) is 0 Å². The molecule has 0 bridgehead atoms. The van der Waals surface area contributed by atoms with E-state index in [9.17, 15) is 5.11 Å². The molecule has 0 amide bonds. The second-order valence-corrected chi connectivity index (χ2v) is 3.80. The Morgan fingerprint density at radius 1 is 1.53 bits per heavy atom. The lowest BCUT2D eigenvalue weighted by Crippen LogP contribution is -2.11. The molecule has 3 heteroatoms. The SMILES string of the molecule is COc1cccc(C2OCCC2CO)c1. The predicted octanol–water partition coefficient (Wildman–Crippen LogP) is 1.77. The van der Waals surface area contributed by atoms with E-state index in [-0.39, 0.29) is 18.6 Å². The van der Waals surface area contributed by atoms with Gasteiger partial charge in [-0.15, -0.1) is 0 Å². The fourth-order valence-corrected chi connectivity index (χ4v) is 2.01. The third kappa shape index (κ3) is 2.13. The number of benzene rings is 1. The van der Waals surface area contributed by atoms with E-state index in [0.717, 1.165) is 24.3 Å². The molecule has 0 aliphatic carbocycles. The molecule has 1 aromatic carbocycles. The largest absolute Gasteiger partial charge is 0.497 e. The lowest BCUT2D eigenvalue weighted by Gasteiger charge is -2.17. The van der Waals surface area contributed by atoms with Gasteiger partial charge in [-0.2, -0.15) is 0 Å². The first kappa shape index (κ1) is 10.5. The van der Waals surface area contributed by atoms with Crippen LogP contribution < -0.4 is 4.74 Å². The number of aliphatic hydroxyl groups is 1. The smallest absolute Gasteiger partial charge is 0.119 e. The van der Waals surface area contributed by atoms with Crippen LogP contribution in [0.3, 0.4) is 0 Å². The van der Waals surface area contributed by atoms with Crippen LogP contribution in [0.5, 0.6) is 5.75 Å². The molecule has 1 aliphatic heterocycles. The average Bonchev–Trinajstić information content (AvgIpc) is 2.77. The molecule has 1 heterocycles. The van der Waals surface area contributed by atoms with Gasteiger partial charge in [-0.1, -0.05) is 12.1 Å². The van der Waals surface area contributed by atoms with Crippen molar-refractivity contribution in [2.75, 3.05) is 20.3 Å². The van der Waals surface area contributed by atoms with Gasteiger partial charge in [-0.3, -0.25) is 0 Å². The predicted molar refractivity (Wildman–Crippen MR) is 56.9 cm³/mol. The summed E-state index contributed by atoms with van der Waals surface area (Å²) in [5.74, 6) is 1.05. The normalized spacial score (nSPS) is 25.5. The molecule has 1 saturated heterocycles. The molecule has 0 spiro atoms. The molecule has 3 nitrogen and oxygen atoms in total. The fraction of sp³-hybridized carbons (Fsp3) is 0.500. The Balaban J connectivity index is 2.20. The van der Waals surface area contributed by atoms with Crippen molar-refractivity contribution in [2.45, 2.75) is 12.5 Å². The summed E-state index contributed by atoms with van der Waals surface area (Å²) in [5.41, 5.74) is 1.09. The van der Waals surface area contributed by atoms with E-state index in [1.807, 2.05) is 24.3 Å². The highest BCUT2D eigenvalue weighted by Gasteiger charge is 2.29. The van der Waals surface area contributed by atoms with Crippen LogP contribution in [-0.2, 0) is 4.74 Å². The second kappa shape index (κ2) is 4.64. The van der Waals surface area contributed by atoms with Gasteiger partial charge in [-0.05, 0) is 24.1 Å². The minimum atomic E-state index is 0.0186. The van der Waals surface area contributed by atoms with E-state index in [4.69, 9.17) is 9.47 Å². The zero-order valence-corrected chi connectivity index (χ0v) is 8.85. The fourth-order valence-electron chi connectivity index (χ4n) is 2.01. The molecule has 0 radical (unpaired) electrons. The topological polar surface area (TPSA) is 38.7 Å². The first-order valence-corrected chi connectivity index (χ1v) is 5.21. The third-order valence-corrected chi connectivity index (χ3v) is 2.87. The Kier molecular flexibility index (Phi) is 3.23. The van der Waals surface area contributed by atoms with E-state index < -0.39 is 0 Å². The Labute approximate surface area is 89.6 Å². The van der Waals surface area contributed by atoms with Crippen molar-refractivity contribution in [3.8, 4) is 5.75 Å². The molecule has 1 aromatic rings. The maximum atomic E-state index is 9.21. The van der Waals surface area contributed by atoms with Crippen LogP contribution in [0.15, 0.2) is 24.3 Å². The van der Waals surface area contributed by atoms with Crippen molar-refractivity contribution in [1.82, 2.24) is 0 Å². The Bertz CT molecular complexity index is 324. The minimum Gasteiger partial charge on any atom is -0.497 e. The number of ether oxygens (including phenoxy) is 2. The van der Waals surface area contributed by atoms with Gasteiger partial charge in [0.1, 0.15) is 5.75 Å². The summed E-state index contributed by atoms with van der Waals surface area (Å²) in [6.45, 7) is 0.912. The average molecular weight is 208 g/mol. The highest BCUT2D eigenvalue weighted by atomic mass is 16.5. The van der Waals surface area contributed by atoms with E-state index in [2.05, 4.69) is 0 Å². The van der Waals surface area contributed by atoms with Crippen molar-refractivity contribution in [2.24, 2.45) is 5.92 Å². The number of methoxy groups -OCH3 is 1. The molecule has 1 aliphatic rings. The van der Waals surface area contributed by atoms with E-state index in [1.54, 1.807) is 7.11 Å². The molecular weight excluding hydrogens is 192 g/mol. The monoisotopic (exact) mass is 208 g/mol. The van der Waals surface area contributed by atoms with Crippen LogP contribution in [-0.4, -0.2) is 25.4 Å². The highest BCUT2D eigenvalue weighted by molar-refractivity contribution is 5.30. The van der Waals surface area contributed by atoms with Crippen LogP contribution in [0.25, 0.3) is 0 Å². The molecule has 82 valence electrons. The summed E-state index contributed by atoms with van der Waals surface area (Å²) < 4.78 is 10.8. The zero-order valence-electron chi connectivity index (χ0n) is 8.85. The first-order chi connectivity index (χ1) is 7.35. The molecule has 1 fully saturated rings. The number of rotatable bonds is 3. The van der Waals surface area contributed by atoms with Crippen molar-refractivity contribution < 1.29 is 14.6 Å². The van der Waals surface area contributed by atoms with Gasteiger partial charge >= 0.3 is 0 Å². The van der Waals surface area contributed by atoms with E-state index in [1.165, 1.54) is 0 Å². The van der Waals surface area contributed by atoms with Gasteiger partial charge in [0.05, 0.1) is 13.2 Å². The molecule has 2 rings (SSSR count). The molecule has 0 aromatic heterocycles. The lowest BCUT2D eigenvalue weighted by molar-refractivity contribution is 0.0719. The van der Waals surface area contributed by atoms with Gasteiger partial charge < -0.3 is 14.6 Å². The standard InChI is InChI=1S/C12H16O3/c1-14-11-4-2-3-9(7-11)12-10(8-13)5-6-15-12/h2-4,7,10,12-13H,5-6,8H2,1H3. The Morgan fingerprint density at radius 2 is 2.40 bits per heavy atom. The quantitative estimate of drug-likeness (QED) is 0.822. The third-order valence-electron chi connectivity index (χ3n) is 2.87. The Morgan fingerprint density at radius 3 is 3.13 bits per heavy atom. The molecule has 2 atom stereocenters. The number of aliphatic hydroxyl groups excluding tert-OH is 1. The van der Waals surface area contributed by atoms with E-state index >= 15 is 0 Å². The molecular formula is C12H16O3. The minimum absolute atomic E-state index is 0.0186. The summed E-state index contributed by atoms with van der Waals surface area (Å²) in [4.78, 5) is 0. The van der Waals surface area contributed by atoms with E-state index in [0.29, 0.717) is 0 Å². The number of hydrogen-bond acceptors (Lipinski definition) is 3. The summed E-state index contributed by atoms with van der Waals surface area (Å²) in [6.07, 6.45) is 0.948.